The summed E-state index contributed by atoms with van der Waals surface area (Å²) in [5.41, 5.74) is 0. The molecule has 0 aliphatic carbocycles. The van der Waals surface area contributed by atoms with Gasteiger partial charge in [0, 0.05) is 0 Å². The number of rotatable bonds is 0. The first kappa shape index (κ1) is 30.3. The van der Waals surface area contributed by atoms with E-state index in [1.165, 1.54) is 0 Å². The third-order valence-corrected chi connectivity index (χ3v) is 0. The first-order valence-electron chi connectivity index (χ1n) is 0.651. The average Bonchev–Trinajstić information content (AvgIpc) is 0.811. The first-order chi connectivity index (χ1) is 1.73. The van der Waals surface area contributed by atoms with Crippen molar-refractivity contribution in [2.45, 2.75) is 0 Å². The van der Waals surface area contributed by atoms with Crippen LogP contribution in [-0.4, -0.2) is 96.9 Å². The molecule has 0 unspecified atom stereocenters. The molecule has 0 heterocycles. The molecule has 0 rings (SSSR count). The summed E-state index contributed by atoms with van der Waals surface area (Å²) >= 11 is 0. The summed E-state index contributed by atoms with van der Waals surface area (Å²) in [7, 11) is -3.13. The number of hydrogen-bond donors (Lipinski definition) is 2. The van der Waals surface area contributed by atoms with Crippen molar-refractivity contribution >= 4 is 87.3 Å². The molecule has 40 valence electrons. The van der Waals surface area contributed by atoms with Crippen molar-refractivity contribution < 1.29 is 50.7 Å². The van der Waals surface area contributed by atoms with Crippen molar-refractivity contribution in [3.05, 3.63) is 0 Å². The van der Waals surface area contributed by atoms with E-state index in [4.69, 9.17) is 14.1 Å². The van der Waals surface area contributed by atoms with Gasteiger partial charge in [-0.05, 0) is 0 Å². The maximum absolute atomic E-state index is 8.74. The molecule has 3 nitrogen and oxygen atoms in total. The Morgan fingerprint density at radius 2 is 1.38 bits per heavy atom. The summed E-state index contributed by atoms with van der Waals surface area (Å²) in [5, 5.41) is 0. The molecule has 0 atom stereocenters. The fraction of sp³-hybridized carbons (Fsp3) is 0. The Labute approximate surface area is 136 Å². The molecule has 0 radical (unpaired) electrons. The zero-order valence-corrected chi connectivity index (χ0v) is 10.8. The summed E-state index contributed by atoms with van der Waals surface area (Å²) in [6, 6.07) is 0. The van der Waals surface area contributed by atoms with Gasteiger partial charge < -0.3 is 16.7 Å². The predicted octanol–water partition coefficient (Wildman–Crippen LogP) is -5.99. The van der Waals surface area contributed by atoms with Crippen LogP contribution in [0.3, 0.4) is 0 Å². The second-order valence-corrected chi connectivity index (χ2v) is 0.848. The van der Waals surface area contributed by atoms with E-state index >= 15 is 0 Å². The third kappa shape index (κ3) is 60.8. The van der Waals surface area contributed by atoms with Gasteiger partial charge in [0.1, 0.15) is 0 Å². The minimum atomic E-state index is -3.13. The van der Waals surface area contributed by atoms with Crippen molar-refractivity contribution in [3.8, 4) is 0 Å². The maximum atomic E-state index is 8.74. The quantitative estimate of drug-likeness (QED) is 0.383. The van der Waals surface area contributed by atoms with Gasteiger partial charge in [0.25, 0.3) is 0 Å². The molecule has 8 heavy (non-hydrogen) atoms. The van der Waals surface area contributed by atoms with E-state index in [2.05, 4.69) is 0 Å². The van der Waals surface area contributed by atoms with E-state index in [1.54, 1.807) is 0 Å². The summed E-state index contributed by atoms with van der Waals surface area (Å²) in [4.78, 5) is 14.3. The van der Waals surface area contributed by atoms with Gasteiger partial charge >= 0.3 is 99.5 Å². The fourth-order valence-corrected chi connectivity index (χ4v) is 0. The van der Waals surface area contributed by atoms with E-state index < -0.39 is 9.17 Å². The van der Waals surface area contributed by atoms with Gasteiger partial charge in [0.2, 0.25) is 0 Å². The van der Waals surface area contributed by atoms with Crippen LogP contribution in [0.25, 0.3) is 0 Å². The Kier molecular flexibility index (Phi) is 85.2. The summed E-state index contributed by atoms with van der Waals surface area (Å²) < 4.78 is 8.74. The van der Waals surface area contributed by atoms with Crippen LogP contribution in [0.15, 0.2) is 0 Å². The predicted molar refractivity (Wildman–Crippen MR) is 37.9 cm³/mol. The smallest absolute Gasteiger partial charge is 1.00 e. The van der Waals surface area contributed by atoms with Crippen LogP contribution in [0, 0.1) is 0 Å². The summed E-state index contributed by atoms with van der Waals surface area (Å²) in [5.74, 6) is 0. The van der Waals surface area contributed by atoms with Crippen LogP contribution >= 0.6 is 0 Å². The fourth-order valence-electron chi connectivity index (χ4n) is 0. The second-order valence-electron chi connectivity index (χ2n) is 0.283. The standard InChI is InChI=1S/Al.Ca.Mg.Na.H2O3Si.8H/c;;;;1-4(2)3;;;;;;;;/h;;;;1-2H;;;;;;;;/q;2*+2;+1;;;;;5*-1. The van der Waals surface area contributed by atoms with Gasteiger partial charge in [-0.1, -0.05) is 0 Å². The molecule has 0 amide bonds. The average molecular weight is 201 g/mol. The molecule has 0 aromatic rings. The van der Waals surface area contributed by atoms with Crippen molar-refractivity contribution in [2.75, 3.05) is 0 Å². The molecule has 0 aliphatic rings. The van der Waals surface area contributed by atoms with Crippen LogP contribution < -0.4 is 29.6 Å². The van der Waals surface area contributed by atoms with Crippen molar-refractivity contribution in [3.63, 3.8) is 0 Å². The van der Waals surface area contributed by atoms with Crippen molar-refractivity contribution in [2.24, 2.45) is 0 Å². The van der Waals surface area contributed by atoms with Crippen molar-refractivity contribution in [1.82, 2.24) is 0 Å². The van der Waals surface area contributed by atoms with Gasteiger partial charge in [-0.15, -0.1) is 0 Å². The Morgan fingerprint density at radius 1 is 1.38 bits per heavy atom. The van der Waals surface area contributed by atoms with Crippen LogP contribution in [0.5, 0.6) is 0 Å². The monoisotopic (exact) mass is 200 g/mol. The van der Waals surface area contributed by atoms with Gasteiger partial charge in [-0.25, -0.2) is 0 Å². The minimum absolute atomic E-state index is 0. The molecule has 0 spiro atoms. The summed E-state index contributed by atoms with van der Waals surface area (Å²) in [6.45, 7) is 0. The molecule has 0 aliphatic heterocycles. The Bertz CT molecular complexity index is 54.8. The largest absolute Gasteiger partial charge is 2.00 e. The zero-order chi connectivity index (χ0) is 3.58. The Balaban J connectivity index is -0.00000000125. The van der Waals surface area contributed by atoms with E-state index in [0.717, 1.165) is 0 Å². The molecular formula is H10AlCaMgNaO3Si. The molecule has 0 fully saturated rings. The van der Waals surface area contributed by atoms with Gasteiger partial charge in [0.15, 0.2) is 17.4 Å². The molecule has 0 bridgehead atoms. The minimum Gasteiger partial charge on any atom is -1.00 e. The second kappa shape index (κ2) is 22.5. The molecule has 8 heteroatoms. The first-order valence-corrected chi connectivity index (χ1v) is 1.95. The van der Waals surface area contributed by atoms with Crippen LogP contribution in [-0.2, 0) is 4.46 Å². The van der Waals surface area contributed by atoms with Crippen LogP contribution in [0.1, 0.15) is 7.13 Å². The third-order valence-electron chi connectivity index (χ3n) is 0. The molecule has 0 aromatic heterocycles. The maximum Gasteiger partial charge on any atom is 2.00 e. The molecule has 2 N–H and O–H groups in total. The molecular weight excluding hydrogens is 190 g/mol. The topological polar surface area (TPSA) is 57.5 Å². The molecule has 0 saturated carbocycles. The van der Waals surface area contributed by atoms with E-state index in [9.17, 15) is 0 Å². The number of hydrogen-bond acceptors (Lipinski definition) is 1. The normalized spacial score (nSPS) is 3.00. The van der Waals surface area contributed by atoms with Gasteiger partial charge in [-0.3, -0.25) is 4.46 Å². The Morgan fingerprint density at radius 3 is 1.38 bits per heavy atom. The Hall–Kier alpha value is 3.18. The van der Waals surface area contributed by atoms with Gasteiger partial charge in [0.05, 0.1) is 0 Å². The van der Waals surface area contributed by atoms with Gasteiger partial charge in [-0.2, -0.15) is 0 Å². The van der Waals surface area contributed by atoms with E-state index in [-0.39, 0.29) is 115 Å². The van der Waals surface area contributed by atoms with E-state index in [0.29, 0.717) is 0 Å². The molecule has 0 aromatic carbocycles. The van der Waals surface area contributed by atoms with Crippen LogP contribution in [0.2, 0.25) is 0 Å². The SMILES string of the molecule is O=[Si](O)O.[AlH3].[Ca+2].[H-].[H-].[H-].[H-].[H-].[Mg+2].[Na+]. The van der Waals surface area contributed by atoms with Crippen LogP contribution in [0.4, 0.5) is 0 Å². The van der Waals surface area contributed by atoms with Crippen molar-refractivity contribution in [1.29, 1.82) is 0 Å². The zero-order valence-electron chi connectivity index (χ0n) is 9.22. The summed E-state index contributed by atoms with van der Waals surface area (Å²) in [6.07, 6.45) is 0. The molecule has 0 saturated heterocycles. The van der Waals surface area contributed by atoms with E-state index in [1.807, 2.05) is 0 Å².